The fourth-order valence-corrected chi connectivity index (χ4v) is 4.52. The van der Waals surface area contributed by atoms with Gasteiger partial charge in [0.05, 0.1) is 17.2 Å². The lowest BCUT2D eigenvalue weighted by Gasteiger charge is -2.11. The number of pyridine rings is 1. The Morgan fingerprint density at radius 1 is 1.33 bits per heavy atom. The van der Waals surface area contributed by atoms with Crippen molar-refractivity contribution in [2.24, 2.45) is 11.7 Å². The molecule has 0 spiro atoms. The van der Waals surface area contributed by atoms with Gasteiger partial charge in [-0.05, 0) is 30.4 Å². The normalized spacial score (nSPS) is 17.2. The lowest BCUT2D eigenvalue weighted by Crippen LogP contribution is -2.17. The summed E-state index contributed by atoms with van der Waals surface area (Å²) in [5, 5.41) is 0. The average molecular weight is 268 g/mol. The molecule has 1 aliphatic carbocycles. The van der Waals surface area contributed by atoms with E-state index in [1.807, 2.05) is 0 Å². The van der Waals surface area contributed by atoms with Crippen LogP contribution in [0.3, 0.4) is 0 Å². The molecular weight excluding hydrogens is 248 g/mol. The van der Waals surface area contributed by atoms with E-state index in [0.29, 0.717) is 17.4 Å². The molecule has 0 atom stereocenters. The Hall–Kier alpha value is -0.940. The van der Waals surface area contributed by atoms with Gasteiger partial charge in [-0.25, -0.2) is 8.42 Å². The van der Waals surface area contributed by atoms with Crippen molar-refractivity contribution in [3.05, 3.63) is 29.6 Å². The third-order valence-electron chi connectivity index (χ3n) is 3.52. The van der Waals surface area contributed by atoms with Crippen LogP contribution in [0.1, 0.15) is 36.9 Å². The minimum absolute atomic E-state index is 0.0733. The topological polar surface area (TPSA) is 73.0 Å². The molecule has 18 heavy (non-hydrogen) atoms. The molecule has 2 rings (SSSR count). The molecule has 0 bridgehead atoms. The molecule has 1 aromatic rings. The third-order valence-corrected chi connectivity index (χ3v) is 5.25. The summed E-state index contributed by atoms with van der Waals surface area (Å²) in [6.07, 6.45) is 6.09. The Labute approximate surface area is 109 Å². The number of sulfone groups is 1. The molecule has 0 unspecified atom stereocenters. The van der Waals surface area contributed by atoms with Gasteiger partial charge in [0.1, 0.15) is 0 Å². The van der Waals surface area contributed by atoms with Crippen LogP contribution in [0.15, 0.2) is 18.3 Å². The summed E-state index contributed by atoms with van der Waals surface area (Å²) in [5.74, 6) is 0.739. The van der Waals surface area contributed by atoms with Gasteiger partial charge in [0.15, 0.2) is 9.84 Å². The number of aromatic nitrogens is 1. The summed E-state index contributed by atoms with van der Waals surface area (Å²) in [7, 11) is -3.05. The fraction of sp³-hybridized carbons (Fsp3) is 0.615. The molecule has 0 radical (unpaired) electrons. The highest BCUT2D eigenvalue weighted by Gasteiger charge is 2.23. The average Bonchev–Trinajstić information content (AvgIpc) is 2.81. The molecular formula is C13H20N2O2S. The predicted octanol–water partition coefficient (Wildman–Crippen LogP) is 1.65. The Morgan fingerprint density at radius 3 is 2.72 bits per heavy atom. The van der Waals surface area contributed by atoms with Crippen molar-refractivity contribution in [3.63, 3.8) is 0 Å². The number of nitrogens with two attached hydrogens (primary N) is 1. The van der Waals surface area contributed by atoms with Crippen LogP contribution in [0, 0.1) is 5.92 Å². The smallest absolute Gasteiger partial charge is 0.154 e. The van der Waals surface area contributed by atoms with E-state index in [1.54, 1.807) is 18.3 Å². The zero-order valence-electron chi connectivity index (χ0n) is 10.5. The maximum Gasteiger partial charge on any atom is 0.154 e. The Kier molecular flexibility index (Phi) is 4.35. The molecule has 1 saturated carbocycles. The minimum Gasteiger partial charge on any atom is -0.325 e. The Balaban J connectivity index is 2.06. The standard InChI is InChI=1S/C13H20N2O2S/c14-8-13-12(6-3-7-15-13)10-18(16,17)9-11-4-1-2-5-11/h3,6-7,11H,1-2,4-5,8-10,14H2. The van der Waals surface area contributed by atoms with Gasteiger partial charge in [0.2, 0.25) is 0 Å². The van der Waals surface area contributed by atoms with Gasteiger partial charge >= 0.3 is 0 Å². The van der Waals surface area contributed by atoms with Crippen LogP contribution < -0.4 is 5.73 Å². The van der Waals surface area contributed by atoms with E-state index in [0.717, 1.165) is 18.4 Å². The molecule has 1 fully saturated rings. The van der Waals surface area contributed by atoms with Crippen molar-refractivity contribution >= 4 is 9.84 Å². The van der Waals surface area contributed by atoms with Crippen molar-refractivity contribution in [3.8, 4) is 0 Å². The summed E-state index contributed by atoms with van der Waals surface area (Å²) >= 11 is 0. The molecule has 5 heteroatoms. The first-order valence-electron chi connectivity index (χ1n) is 6.44. The third kappa shape index (κ3) is 3.53. The minimum atomic E-state index is -3.05. The highest BCUT2D eigenvalue weighted by molar-refractivity contribution is 7.90. The summed E-state index contributed by atoms with van der Waals surface area (Å²) in [4.78, 5) is 4.12. The summed E-state index contributed by atoms with van der Waals surface area (Å²) < 4.78 is 24.3. The number of rotatable bonds is 5. The zero-order chi connectivity index (χ0) is 13.0. The summed E-state index contributed by atoms with van der Waals surface area (Å²) in [6, 6.07) is 3.57. The van der Waals surface area contributed by atoms with Gasteiger partial charge in [0.25, 0.3) is 0 Å². The van der Waals surface area contributed by atoms with E-state index in [-0.39, 0.29) is 12.3 Å². The van der Waals surface area contributed by atoms with Crippen LogP contribution in [-0.4, -0.2) is 19.2 Å². The van der Waals surface area contributed by atoms with Crippen LogP contribution in [0.4, 0.5) is 0 Å². The molecule has 1 heterocycles. The van der Waals surface area contributed by atoms with Gasteiger partial charge in [0, 0.05) is 12.7 Å². The fourth-order valence-electron chi connectivity index (χ4n) is 2.62. The SMILES string of the molecule is NCc1ncccc1CS(=O)(=O)CC1CCCC1. The zero-order valence-corrected chi connectivity index (χ0v) is 11.3. The molecule has 1 aromatic heterocycles. The number of hydrogen-bond acceptors (Lipinski definition) is 4. The van der Waals surface area contributed by atoms with Gasteiger partial charge in [-0.3, -0.25) is 4.98 Å². The van der Waals surface area contributed by atoms with Crippen molar-refractivity contribution in [2.45, 2.75) is 38.0 Å². The Bertz CT molecular complexity index is 493. The van der Waals surface area contributed by atoms with Crippen LogP contribution in [0.2, 0.25) is 0 Å². The van der Waals surface area contributed by atoms with Gasteiger partial charge in [-0.2, -0.15) is 0 Å². The van der Waals surface area contributed by atoms with Crippen LogP contribution in [-0.2, 0) is 22.1 Å². The van der Waals surface area contributed by atoms with Crippen molar-refractivity contribution in [1.29, 1.82) is 0 Å². The van der Waals surface area contributed by atoms with Gasteiger partial charge < -0.3 is 5.73 Å². The first-order chi connectivity index (χ1) is 8.61. The number of hydrogen-bond donors (Lipinski definition) is 1. The van der Waals surface area contributed by atoms with E-state index in [9.17, 15) is 8.42 Å². The van der Waals surface area contributed by atoms with Crippen LogP contribution in [0.5, 0.6) is 0 Å². The number of nitrogens with zero attached hydrogens (tertiary/aromatic N) is 1. The molecule has 0 amide bonds. The highest BCUT2D eigenvalue weighted by Crippen LogP contribution is 2.27. The molecule has 0 aromatic carbocycles. The van der Waals surface area contributed by atoms with Crippen LogP contribution >= 0.6 is 0 Å². The van der Waals surface area contributed by atoms with Crippen molar-refractivity contribution in [2.75, 3.05) is 5.75 Å². The molecule has 1 aliphatic rings. The second-order valence-corrected chi connectivity index (χ2v) is 7.13. The first kappa shape index (κ1) is 13.5. The lowest BCUT2D eigenvalue weighted by molar-refractivity contribution is 0.558. The highest BCUT2D eigenvalue weighted by atomic mass is 32.2. The molecule has 2 N–H and O–H groups in total. The summed E-state index contributed by atoms with van der Waals surface area (Å²) in [6.45, 7) is 0.287. The van der Waals surface area contributed by atoms with Gasteiger partial charge in [-0.15, -0.1) is 0 Å². The molecule has 4 nitrogen and oxygen atoms in total. The van der Waals surface area contributed by atoms with E-state index < -0.39 is 9.84 Å². The molecule has 0 aliphatic heterocycles. The largest absolute Gasteiger partial charge is 0.325 e. The Morgan fingerprint density at radius 2 is 2.06 bits per heavy atom. The predicted molar refractivity (Wildman–Crippen MR) is 71.6 cm³/mol. The first-order valence-corrected chi connectivity index (χ1v) is 8.26. The maximum atomic E-state index is 12.2. The lowest BCUT2D eigenvalue weighted by atomic mass is 10.1. The van der Waals surface area contributed by atoms with Crippen molar-refractivity contribution < 1.29 is 8.42 Å². The van der Waals surface area contributed by atoms with E-state index in [2.05, 4.69) is 4.98 Å². The maximum absolute atomic E-state index is 12.2. The van der Waals surface area contributed by atoms with E-state index in [1.165, 1.54) is 12.8 Å². The monoisotopic (exact) mass is 268 g/mol. The second-order valence-electron chi connectivity index (χ2n) is 5.02. The van der Waals surface area contributed by atoms with Crippen molar-refractivity contribution in [1.82, 2.24) is 4.98 Å². The second kappa shape index (κ2) is 5.80. The van der Waals surface area contributed by atoms with Gasteiger partial charge in [-0.1, -0.05) is 18.9 Å². The van der Waals surface area contributed by atoms with E-state index in [4.69, 9.17) is 5.73 Å². The molecule has 0 saturated heterocycles. The van der Waals surface area contributed by atoms with Crippen LogP contribution in [0.25, 0.3) is 0 Å². The van der Waals surface area contributed by atoms with E-state index >= 15 is 0 Å². The summed E-state index contributed by atoms with van der Waals surface area (Å²) in [5.41, 5.74) is 7.01. The molecule has 100 valence electrons. The quantitative estimate of drug-likeness (QED) is 0.881.